The summed E-state index contributed by atoms with van der Waals surface area (Å²) in [6.45, 7) is -0.729. The molecule has 9 heavy (non-hydrogen) atoms. The molecule has 0 heterocycles. The molecule has 0 aromatic heterocycles. The van der Waals surface area contributed by atoms with Crippen molar-refractivity contribution in [2.45, 2.75) is 6.10 Å². The van der Waals surface area contributed by atoms with Crippen LogP contribution in [0.3, 0.4) is 0 Å². The molecule has 0 saturated carbocycles. The van der Waals surface area contributed by atoms with E-state index in [9.17, 15) is 0 Å². The third-order valence-electron chi connectivity index (χ3n) is 0.421. The lowest BCUT2D eigenvalue weighted by Crippen LogP contribution is -2.15. The first-order valence-electron chi connectivity index (χ1n) is 2.52. The summed E-state index contributed by atoms with van der Waals surface area (Å²) in [7, 11) is 0. The van der Waals surface area contributed by atoms with Gasteiger partial charge in [0.1, 0.15) is 6.10 Å². The third-order valence-corrected chi connectivity index (χ3v) is 0.421. The predicted molar refractivity (Wildman–Crippen MR) is 39.6 cm³/mol. The average Bonchev–Trinajstić information content (AvgIpc) is 1.88. The Morgan fingerprint density at radius 2 is 1.44 bits per heavy atom. The van der Waals surface area contributed by atoms with Crippen LogP contribution in [0.25, 0.3) is 0 Å². The Labute approximate surface area is 59.7 Å². The summed E-state index contributed by atoms with van der Waals surface area (Å²) in [6.07, 6.45) is 3.13. The summed E-state index contributed by atoms with van der Waals surface area (Å²) in [5.41, 5.74) is 0. The van der Waals surface area contributed by atoms with Gasteiger partial charge in [0.25, 0.3) is 0 Å². The molecule has 0 aromatic rings. The Balaban J connectivity index is 0. The molecule has 0 fully saturated rings. The van der Waals surface area contributed by atoms with Crippen molar-refractivity contribution in [1.29, 1.82) is 0 Å². The van der Waals surface area contributed by atoms with Gasteiger partial charge in [0.2, 0.25) is 0 Å². The van der Waals surface area contributed by atoms with Gasteiger partial charge in [0.15, 0.2) is 0 Å². The minimum atomic E-state index is -0.954. The van der Waals surface area contributed by atoms with E-state index in [1.807, 2.05) is 12.5 Å². The molecule has 0 aliphatic rings. The van der Waals surface area contributed by atoms with E-state index in [1.54, 1.807) is 11.8 Å². The van der Waals surface area contributed by atoms with Crippen LogP contribution in [-0.4, -0.2) is 47.1 Å². The quantitative estimate of drug-likeness (QED) is 0.493. The van der Waals surface area contributed by atoms with Crippen molar-refractivity contribution in [1.82, 2.24) is 0 Å². The van der Waals surface area contributed by atoms with Gasteiger partial charge >= 0.3 is 0 Å². The largest absolute Gasteiger partial charge is 0.394 e. The molecule has 3 N–H and O–H groups in total. The second-order valence-electron chi connectivity index (χ2n) is 1.43. The number of thioether (sulfide) groups is 1. The van der Waals surface area contributed by atoms with Crippen LogP contribution in [0, 0.1) is 0 Å². The van der Waals surface area contributed by atoms with Crippen molar-refractivity contribution >= 4 is 11.8 Å². The molecule has 0 aliphatic heterocycles. The van der Waals surface area contributed by atoms with Gasteiger partial charge in [0.05, 0.1) is 13.2 Å². The Hall–Kier alpha value is 0.230. The highest BCUT2D eigenvalue weighted by Gasteiger charge is 1.93. The Kier molecular flexibility index (Phi) is 14.7. The van der Waals surface area contributed by atoms with E-state index in [4.69, 9.17) is 15.3 Å². The molecule has 0 aromatic carbocycles. The molecule has 0 spiro atoms. The van der Waals surface area contributed by atoms with Gasteiger partial charge in [-0.25, -0.2) is 0 Å². The zero-order chi connectivity index (χ0) is 7.70. The molecule has 0 bridgehead atoms. The van der Waals surface area contributed by atoms with Gasteiger partial charge in [-0.15, -0.1) is 0 Å². The second-order valence-corrected chi connectivity index (χ2v) is 2.24. The summed E-state index contributed by atoms with van der Waals surface area (Å²) >= 11 is 1.75. The van der Waals surface area contributed by atoms with Gasteiger partial charge in [-0.2, -0.15) is 11.8 Å². The van der Waals surface area contributed by atoms with E-state index in [0.717, 1.165) is 0 Å². The molecule has 58 valence electrons. The van der Waals surface area contributed by atoms with Crippen molar-refractivity contribution in [3.05, 3.63) is 0 Å². The summed E-state index contributed by atoms with van der Waals surface area (Å²) in [4.78, 5) is 0. The van der Waals surface area contributed by atoms with E-state index < -0.39 is 6.10 Å². The highest BCUT2D eigenvalue weighted by molar-refractivity contribution is 7.97. The fourth-order valence-corrected chi connectivity index (χ4v) is 0.0577. The van der Waals surface area contributed by atoms with E-state index >= 15 is 0 Å². The predicted octanol–water partition coefficient (Wildman–Crippen LogP) is -0.689. The molecule has 0 atom stereocenters. The third kappa shape index (κ3) is 17.9. The zero-order valence-electron chi connectivity index (χ0n) is 5.74. The number of aliphatic hydroxyl groups is 3. The maximum absolute atomic E-state index is 8.17. The SMILES string of the molecule is CSC.OCC(O)CO. The fraction of sp³-hybridized carbons (Fsp3) is 1.00. The number of aliphatic hydroxyl groups excluding tert-OH is 3. The van der Waals surface area contributed by atoms with Crippen molar-refractivity contribution in [3.63, 3.8) is 0 Å². The highest BCUT2D eigenvalue weighted by Crippen LogP contribution is 1.71. The van der Waals surface area contributed by atoms with Crippen molar-refractivity contribution in [3.8, 4) is 0 Å². The number of hydrogen-bond acceptors (Lipinski definition) is 4. The van der Waals surface area contributed by atoms with Crippen molar-refractivity contribution in [2.75, 3.05) is 25.7 Å². The van der Waals surface area contributed by atoms with Gasteiger partial charge in [-0.1, -0.05) is 0 Å². The van der Waals surface area contributed by atoms with Gasteiger partial charge in [0, 0.05) is 0 Å². The van der Waals surface area contributed by atoms with Crippen LogP contribution in [0.5, 0.6) is 0 Å². The van der Waals surface area contributed by atoms with Crippen LogP contribution in [0.1, 0.15) is 0 Å². The Morgan fingerprint density at radius 1 is 1.22 bits per heavy atom. The van der Waals surface area contributed by atoms with E-state index in [1.165, 1.54) is 0 Å². The Bertz CT molecular complexity index is 39.2. The van der Waals surface area contributed by atoms with Crippen LogP contribution in [-0.2, 0) is 0 Å². The molecular formula is C5H14O3S. The molecule has 0 amide bonds. The minimum Gasteiger partial charge on any atom is -0.394 e. The zero-order valence-corrected chi connectivity index (χ0v) is 6.56. The molecule has 0 rings (SSSR count). The van der Waals surface area contributed by atoms with Crippen LogP contribution in [0.4, 0.5) is 0 Å². The first kappa shape index (κ1) is 12.0. The van der Waals surface area contributed by atoms with Crippen LogP contribution in [0.15, 0.2) is 0 Å². The van der Waals surface area contributed by atoms with E-state index in [0.29, 0.717) is 0 Å². The molecule has 3 nitrogen and oxygen atoms in total. The lowest BCUT2D eigenvalue weighted by atomic mass is 10.4. The summed E-state index contributed by atoms with van der Waals surface area (Å²) < 4.78 is 0. The van der Waals surface area contributed by atoms with Gasteiger partial charge in [-0.3, -0.25) is 0 Å². The maximum atomic E-state index is 8.17. The lowest BCUT2D eigenvalue weighted by molar-refractivity contribution is 0.0450. The summed E-state index contributed by atoms with van der Waals surface area (Å²) in [5, 5.41) is 24.0. The lowest BCUT2D eigenvalue weighted by Gasteiger charge is -1.96. The highest BCUT2D eigenvalue weighted by atomic mass is 32.2. The summed E-state index contributed by atoms with van der Waals surface area (Å²) in [6, 6.07) is 0. The average molecular weight is 154 g/mol. The molecular weight excluding hydrogens is 140 g/mol. The van der Waals surface area contributed by atoms with E-state index in [2.05, 4.69) is 0 Å². The standard InChI is InChI=1S/C3H8O3.C2H6S/c4-1-3(6)2-5;1-3-2/h3-6H,1-2H2;1-2H3. The monoisotopic (exact) mass is 154 g/mol. The molecule has 0 aliphatic carbocycles. The number of hydrogen-bond donors (Lipinski definition) is 3. The van der Waals surface area contributed by atoms with Crippen molar-refractivity contribution < 1.29 is 15.3 Å². The van der Waals surface area contributed by atoms with Crippen molar-refractivity contribution in [2.24, 2.45) is 0 Å². The minimum absolute atomic E-state index is 0.365. The summed E-state index contributed by atoms with van der Waals surface area (Å²) in [5.74, 6) is 0. The van der Waals surface area contributed by atoms with Crippen LogP contribution in [0.2, 0.25) is 0 Å². The van der Waals surface area contributed by atoms with Crippen LogP contribution >= 0.6 is 11.8 Å². The van der Waals surface area contributed by atoms with E-state index in [-0.39, 0.29) is 13.2 Å². The second kappa shape index (κ2) is 11.1. The van der Waals surface area contributed by atoms with Gasteiger partial charge in [-0.05, 0) is 12.5 Å². The first-order valence-corrected chi connectivity index (χ1v) is 4.16. The van der Waals surface area contributed by atoms with Gasteiger partial charge < -0.3 is 15.3 Å². The molecule has 0 unspecified atom stereocenters. The molecule has 4 heteroatoms. The Morgan fingerprint density at radius 3 is 1.44 bits per heavy atom. The fourth-order valence-electron chi connectivity index (χ4n) is 0.0577. The normalized spacial score (nSPS) is 8.67. The maximum Gasteiger partial charge on any atom is 0.100 e. The molecule has 0 radical (unpaired) electrons. The smallest absolute Gasteiger partial charge is 0.100 e. The van der Waals surface area contributed by atoms with Crippen LogP contribution < -0.4 is 0 Å². The number of rotatable bonds is 2. The first-order chi connectivity index (χ1) is 4.22. The topological polar surface area (TPSA) is 60.7 Å². The molecule has 0 saturated heterocycles.